The molecule has 236 valence electrons. The van der Waals surface area contributed by atoms with E-state index in [1.54, 1.807) is 18.3 Å². The molecule has 1 unspecified atom stereocenters. The van der Waals surface area contributed by atoms with Crippen molar-refractivity contribution in [3.05, 3.63) is 101 Å². The number of halogens is 1. The zero-order chi connectivity index (χ0) is 31.9. The van der Waals surface area contributed by atoms with E-state index in [0.29, 0.717) is 72.4 Å². The molecule has 1 saturated heterocycles. The van der Waals surface area contributed by atoms with Gasteiger partial charge in [0, 0.05) is 36.1 Å². The number of hydrogen-bond acceptors (Lipinski definition) is 8. The predicted molar refractivity (Wildman–Crippen MR) is 167 cm³/mol. The first kappa shape index (κ1) is 30.9. The van der Waals surface area contributed by atoms with Crippen molar-refractivity contribution in [2.75, 3.05) is 19.8 Å². The van der Waals surface area contributed by atoms with E-state index >= 15 is 0 Å². The number of fused-ring (bicyclic) bond motifs is 1. The number of benzene rings is 3. The van der Waals surface area contributed by atoms with Gasteiger partial charge in [-0.05, 0) is 65.9 Å². The fourth-order valence-corrected chi connectivity index (χ4v) is 5.93. The van der Waals surface area contributed by atoms with Crippen molar-refractivity contribution in [2.24, 2.45) is 0 Å². The molecule has 6 rings (SSSR count). The second-order valence-corrected chi connectivity index (χ2v) is 11.3. The van der Waals surface area contributed by atoms with Crippen LogP contribution in [0.15, 0.2) is 73.1 Å². The fourth-order valence-electron chi connectivity index (χ4n) is 5.93. The van der Waals surface area contributed by atoms with E-state index in [4.69, 9.17) is 18.9 Å². The van der Waals surface area contributed by atoms with Gasteiger partial charge in [-0.3, -0.25) is 14.7 Å². The van der Waals surface area contributed by atoms with Crippen LogP contribution in [0, 0.1) is 11.3 Å². The number of carboxylic acid groups (broad SMARTS) is 1. The van der Waals surface area contributed by atoms with Crippen LogP contribution in [-0.4, -0.2) is 46.8 Å². The highest BCUT2D eigenvalue weighted by molar-refractivity contribution is 5.73. The number of hydrogen-bond donors (Lipinski definition) is 1. The topological polar surface area (TPSA) is 114 Å². The number of aromatic nitrogens is 1. The van der Waals surface area contributed by atoms with Crippen LogP contribution in [-0.2, 0) is 31.2 Å². The van der Waals surface area contributed by atoms with Crippen molar-refractivity contribution in [3.8, 4) is 40.2 Å². The zero-order valence-corrected chi connectivity index (χ0v) is 25.3. The Morgan fingerprint density at radius 2 is 1.87 bits per heavy atom. The van der Waals surface area contributed by atoms with Gasteiger partial charge in [0.25, 0.3) is 0 Å². The number of rotatable bonds is 11. The Bertz CT molecular complexity index is 1760. The Kier molecular flexibility index (Phi) is 9.60. The van der Waals surface area contributed by atoms with Gasteiger partial charge in [0.05, 0.1) is 5.56 Å². The lowest BCUT2D eigenvalue weighted by molar-refractivity contribution is -0.144. The molecule has 0 amide bonds. The molecule has 10 heteroatoms. The number of nitriles is 1. The Labute approximate surface area is 266 Å². The van der Waals surface area contributed by atoms with Crippen molar-refractivity contribution in [1.82, 2.24) is 9.88 Å². The maximum Gasteiger partial charge on any atom is 0.320 e. The largest absolute Gasteiger partial charge is 0.489 e. The monoisotopic (exact) mass is 623 g/mol. The standard InChI is InChI=1S/C36H34FN3O6/c37-17-31-28(4-3-5-30(31)26-8-10-33-35(15-26)44-13-12-43-33)23-45-29-9-7-27(21-40-11-2-1-6-32(40)36(41)42)34(16-29)46-22-25-14-24(18-38)19-39-20-25/h3-5,7-10,14-16,19-20,32H,1-2,6,11-13,17,21-23H2,(H,41,42). The van der Waals surface area contributed by atoms with Gasteiger partial charge in [-0.25, -0.2) is 4.39 Å². The molecule has 1 N–H and O–H groups in total. The third kappa shape index (κ3) is 7.05. The van der Waals surface area contributed by atoms with E-state index in [1.807, 2.05) is 53.4 Å². The Hall–Kier alpha value is -5.14. The van der Waals surface area contributed by atoms with Crippen LogP contribution in [0.2, 0.25) is 0 Å². The average molecular weight is 624 g/mol. The molecule has 0 bridgehead atoms. The summed E-state index contributed by atoms with van der Waals surface area (Å²) in [5, 5.41) is 19.1. The van der Waals surface area contributed by atoms with Gasteiger partial charge >= 0.3 is 5.97 Å². The second-order valence-electron chi connectivity index (χ2n) is 11.3. The molecule has 2 aliphatic rings. The minimum Gasteiger partial charge on any atom is -0.489 e. The van der Waals surface area contributed by atoms with Crippen LogP contribution in [0.4, 0.5) is 4.39 Å². The lowest BCUT2D eigenvalue weighted by atomic mass is 9.96. The summed E-state index contributed by atoms with van der Waals surface area (Å²) in [6, 6.07) is 19.9. The number of nitrogens with zero attached hydrogens (tertiary/aromatic N) is 3. The van der Waals surface area contributed by atoms with Crippen molar-refractivity contribution in [2.45, 2.75) is 51.7 Å². The van der Waals surface area contributed by atoms with E-state index in [1.165, 1.54) is 6.20 Å². The normalized spacial score (nSPS) is 16.0. The third-order valence-electron chi connectivity index (χ3n) is 8.28. The highest BCUT2D eigenvalue weighted by Crippen LogP contribution is 2.37. The highest BCUT2D eigenvalue weighted by Gasteiger charge is 2.29. The van der Waals surface area contributed by atoms with Crippen molar-refractivity contribution in [1.29, 1.82) is 5.26 Å². The molecule has 1 fully saturated rings. The minimum absolute atomic E-state index is 0.123. The molecule has 0 aliphatic carbocycles. The lowest BCUT2D eigenvalue weighted by Gasteiger charge is -2.33. The molecule has 2 aliphatic heterocycles. The fraction of sp³-hybridized carbons (Fsp3) is 0.306. The van der Waals surface area contributed by atoms with Gasteiger partial charge in [-0.1, -0.05) is 36.8 Å². The summed E-state index contributed by atoms with van der Waals surface area (Å²) >= 11 is 0. The smallest absolute Gasteiger partial charge is 0.320 e. The summed E-state index contributed by atoms with van der Waals surface area (Å²) in [5.41, 5.74) is 4.78. The lowest BCUT2D eigenvalue weighted by Crippen LogP contribution is -2.44. The molecule has 1 atom stereocenters. The van der Waals surface area contributed by atoms with Crippen LogP contribution < -0.4 is 18.9 Å². The van der Waals surface area contributed by atoms with Crippen LogP contribution in [0.3, 0.4) is 0 Å². The van der Waals surface area contributed by atoms with Crippen molar-refractivity contribution in [3.63, 3.8) is 0 Å². The van der Waals surface area contributed by atoms with Crippen LogP contribution in [0.25, 0.3) is 11.1 Å². The number of aliphatic carboxylic acids is 1. The summed E-state index contributed by atoms with van der Waals surface area (Å²) < 4.78 is 38.3. The first-order valence-corrected chi connectivity index (χ1v) is 15.3. The molecular formula is C36H34FN3O6. The summed E-state index contributed by atoms with van der Waals surface area (Å²) in [6.07, 6.45) is 5.53. The Balaban J connectivity index is 1.24. The minimum atomic E-state index is -0.830. The average Bonchev–Trinajstić information content (AvgIpc) is 3.10. The number of ether oxygens (including phenoxy) is 4. The summed E-state index contributed by atoms with van der Waals surface area (Å²) in [7, 11) is 0. The maximum atomic E-state index is 14.5. The molecule has 0 spiro atoms. The molecule has 1 aromatic heterocycles. The van der Waals surface area contributed by atoms with Gasteiger partial charge in [-0.15, -0.1) is 0 Å². The Morgan fingerprint density at radius 1 is 1.00 bits per heavy atom. The number of piperidine rings is 1. The Morgan fingerprint density at radius 3 is 2.70 bits per heavy atom. The van der Waals surface area contributed by atoms with Crippen molar-refractivity contribution < 1.29 is 33.2 Å². The number of alkyl halides is 1. The number of likely N-dealkylation sites (tertiary alicyclic amines) is 1. The summed E-state index contributed by atoms with van der Waals surface area (Å²) in [6.45, 7) is 1.64. The molecule has 0 saturated carbocycles. The van der Waals surface area contributed by atoms with Crippen LogP contribution in [0.1, 0.15) is 47.1 Å². The second kappa shape index (κ2) is 14.3. The van der Waals surface area contributed by atoms with E-state index in [9.17, 15) is 19.6 Å². The molecular weight excluding hydrogens is 589 g/mol. The van der Waals surface area contributed by atoms with Gasteiger partial charge in [0.2, 0.25) is 0 Å². The van der Waals surface area contributed by atoms with E-state index in [0.717, 1.165) is 35.1 Å². The zero-order valence-electron chi connectivity index (χ0n) is 25.3. The van der Waals surface area contributed by atoms with Gasteiger partial charge in [0.15, 0.2) is 11.5 Å². The number of carboxylic acids is 1. The van der Waals surface area contributed by atoms with E-state index < -0.39 is 18.7 Å². The first-order chi connectivity index (χ1) is 22.5. The van der Waals surface area contributed by atoms with Gasteiger partial charge in [-0.2, -0.15) is 5.26 Å². The third-order valence-corrected chi connectivity index (χ3v) is 8.28. The van der Waals surface area contributed by atoms with Gasteiger partial charge < -0.3 is 24.1 Å². The first-order valence-electron chi connectivity index (χ1n) is 15.3. The summed E-state index contributed by atoms with van der Waals surface area (Å²) in [4.78, 5) is 18.0. The maximum absolute atomic E-state index is 14.5. The molecule has 3 heterocycles. The molecule has 46 heavy (non-hydrogen) atoms. The number of carbonyl (C=O) groups is 1. The molecule has 0 radical (unpaired) electrons. The predicted octanol–water partition coefficient (Wildman–Crippen LogP) is 6.46. The number of pyridine rings is 1. The molecule has 4 aromatic rings. The van der Waals surface area contributed by atoms with Crippen LogP contribution in [0.5, 0.6) is 23.0 Å². The quantitative estimate of drug-likeness (QED) is 0.201. The van der Waals surface area contributed by atoms with E-state index in [-0.39, 0.29) is 13.2 Å². The SMILES string of the molecule is N#Cc1cncc(COc2cc(OCc3cccc(-c4ccc5c(c4)OCCO5)c3CF)ccc2CN2CCCCC2C(=O)O)c1. The van der Waals surface area contributed by atoms with Crippen molar-refractivity contribution >= 4 is 5.97 Å². The summed E-state index contributed by atoms with van der Waals surface area (Å²) in [5.74, 6) is 1.53. The highest BCUT2D eigenvalue weighted by atomic mass is 19.1. The van der Waals surface area contributed by atoms with Crippen LogP contribution >= 0.6 is 0 Å². The molecule has 9 nitrogen and oxygen atoms in total. The van der Waals surface area contributed by atoms with E-state index in [2.05, 4.69) is 11.1 Å². The molecule has 3 aromatic carbocycles. The van der Waals surface area contributed by atoms with Gasteiger partial charge in [0.1, 0.15) is 56.7 Å².